The van der Waals surface area contributed by atoms with Crippen LogP contribution >= 0.6 is 0 Å². The van der Waals surface area contributed by atoms with E-state index in [2.05, 4.69) is 0 Å². The Balaban J connectivity index is 0. The molecule has 0 spiro atoms. The van der Waals surface area contributed by atoms with Crippen LogP contribution in [0.3, 0.4) is 0 Å². The summed E-state index contributed by atoms with van der Waals surface area (Å²) >= 11 is 0. The first kappa shape index (κ1) is 10.0. The second-order valence-electron chi connectivity index (χ2n) is 1.64. The van der Waals surface area contributed by atoms with Gasteiger partial charge in [0.05, 0.1) is 0 Å². The molecular weight excluding hydrogens is 155 g/mol. The molecule has 0 bridgehead atoms. The SMILES string of the molecule is O[SiH2]c1ccccc1.[H-].[K+]. The minimum absolute atomic E-state index is 0. The van der Waals surface area contributed by atoms with Crippen LogP contribution in [0.25, 0.3) is 0 Å². The summed E-state index contributed by atoms with van der Waals surface area (Å²) in [7, 11) is -0.909. The number of hydrogen-bond acceptors (Lipinski definition) is 1. The van der Waals surface area contributed by atoms with Crippen molar-refractivity contribution >= 4 is 14.9 Å². The van der Waals surface area contributed by atoms with Gasteiger partial charge in [-0.25, -0.2) is 0 Å². The van der Waals surface area contributed by atoms with Gasteiger partial charge in [0.15, 0.2) is 9.76 Å². The Morgan fingerprint density at radius 3 is 2.11 bits per heavy atom. The summed E-state index contributed by atoms with van der Waals surface area (Å²) in [5.41, 5.74) is 0. The zero-order valence-electron chi connectivity index (χ0n) is 6.54. The number of rotatable bonds is 1. The molecule has 0 aliphatic heterocycles. The van der Waals surface area contributed by atoms with E-state index >= 15 is 0 Å². The summed E-state index contributed by atoms with van der Waals surface area (Å²) < 4.78 is 0. The first-order chi connectivity index (χ1) is 3.93. The van der Waals surface area contributed by atoms with Crippen molar-refractivity contribution in [3.63, 3.8) is 0 Å². The maximum Gasteiger partial charge on any atom is 1.00 e. The molecule has 1 nitrogen and oxygen atoms in total. The van der Waals surface area contributed by atoms with Gasteiger partial charge in [0.25, 0.3) is 0 Å². The Hall–Kier alpha value is 1.03. The molecule has 44 valence electrons. The van der Waals surface area contributed by atoms with Crippen molar-refractivity contribution in [3.05, 3.63) is 30.3 Å². The van der Waals surface area contributed by atoms with Gasteiger partial charge in [-0.2, -0.15) is 0 Å². The van der Waals surface area contributed by atoms with E-state index in [1.807, 2.05) is 30.3 Å². The summed E-state index contributed by atoms with van der Waals surface area (Å²) in [4.78, 5) is 8.68. The molecular formula is C6H9KOSi. The standard InChI is InChI=1S/C6H8OSi.K.H/c7-8-6-4-2-1-3-5-6;;/h1-5,7H,8H2;;/q;+1;-1. The van der Waals surface area contributed by atoms with E-state index in [1.165, 1.54) is 0 Å². The molecule has 0 aliphatic rings. The third-order valence-corrected chi connectivity index (χ3v) is 1.86. The maximum absolute atomic E-state index is 8.68. The van der Waals surface area contributed by atoms with Crippen LogP contribution < -0.4 is 56.6 Å². The number of hydrogen-bond donors (Lipinski definition) is 1. The molecule has 0 heterocycles. The molecule has 1 rings (SSSR count). The van der Waals surface area contributed by atoms with Crippen LogP contribution in [0.5, 0.6) is 0 Å². The molecule has 1 N–H and O–H groups in total. The van der Waals surface area contributed by atoms with E-state index in [9.17, 15) is 0 Å². The van der Waals surface area contributed by atoms with Crippen LogP contribution in [-0.4, -0.2) is 14.6 Å². The van der Waals surface area contributed by atoms with E-state index < -0.39 is 9.76 Å². The third kappa shape index (κ3) is 3.67. The van der Waals surface area contributed by atoms with Crippen LogP contribution in [0.4, 0.5) is 0 Å². The summed E-state index contributed by atoms with van der Waals surface area (Å²) in [5.74, 6) is 0. The van der Waals surface area contributed by atoms with Gasteiger partial charge < -0.3 is 6.22 Å². The topological polar surface area (TPSA) is 20.2 Å². The molecule has 0 radical (unpaired) electrons. The number of benzene rings is 1. The zero-order chi connectivity index (χ0) is 5.82. The van der Waals surface area contributed by atoms with Crippen LogP contribution in [0.2, 0.25) is 0 Å². The van der Waals surface area contributed by atoms with Gasteiger partial charge in [0.1, 0.15) is 0 Å². The van der Waals surface area contributed by atoms with Crippen LogP contribution in [0.1, 0.15) is 1.43 Å². The predicted molar refractivity (Wildman–Crippen MR) is 38.0 cm³/mol. The molecule has 0 saturated carbocycles. The van der Waals surface area contributed by atoms with Crippen molar-refractivity contribution in [2.24, 2.45) is 0 Å². The second kappa shape index (κ2) is 5.79. The molecule has 9 heavy (non-hydrogen) atoms. The van der Waals surface area contributed by atoms with Crippen molar-refractivity contribution in [2.45, 2.75) is 0 Å². The molecule has 0 unspecified atom stereocenters. The molecule has 1 aromatic carbocycles. The Morgan fingerprint density at radius 2 is 1.78 bits per heavy atom. The molecule has 0 atom stereocenters. The van der Waals surface area contributed by atoms with Gasteiger partial charge in [-0.05, 0) is 5.19 Å². The fourth-order valence-electron chi connectivity index (χ4n) is 0.583. The van der Waals surface area contributed by atoms with Gasteiger partial charge in [-0.3, -0.25) is 0 Å². The van der Waals surface area contributed by atoms with E-state index in [1.54, 1.807) is 0 Å². The average Bonchev–Trinajstić information content (AvgIpc) is 1.90. The minimum atomic E-state index is -0.909. The van der Waals surface area contributed by atoms with Crippen LogP contribution in [-0.2, 0) is 0 Å². The Bertz CT molecular complexity index is 159. The quantitative estimate of drug-likeness (QED) is 0.427. The van der Waals surface area contributed by atoms with E-state index in [4.69, 9.17) is 4.80 Å². The fourth-order valence-corrected chi connectivity index (χ4v) is 1.07. The van der Waals surface area contributed by atoms with Crippen LogP contribution in [0, 0.1) is 0 Å². The van der Waals surface area contributed by atoms with Crippen LogP contribution in [0.15, 0.2) is 30.3 Å². The smallest absolute Gasteiger partial charge is 1.00 e. The van der Waals surface area contributed by atoms with Crippen molar-refractivity contribution in [2.75, 3.05) is 0 Å². The molecule has 0 amide bonds. The van der Waals surface area contributed by atoms with Gasteiger partial charge >= 0.3 is 51.4 Å². The molecule has 0 aliphatic carbocycles. The summed E-state index contributed by atoms with van der Waals surface area (Å²) in [6, 6.07) is 9.74. The van der Waals surface area contributed by atoms with Gasteiger partial charge in [-0.15, -0.1) is 0 Å². The van der Waals surface area contributed by atoms with Crippen molar-refractivity contribution in [1.82, 2.24) is 0 Å². The predicted octanol–water partition coefficient (Wildman–Crippen LogP) is -3.50. The van der Waals surface area contributed by atoms with Gasteiger partial charge in [-0.1, -0.05) is 30.3 Å². The summed E-state index contributed by atoms with van der Waals surface area (Å²) in [6.07, 6.45) is 0. The molecule has 3 heteroatoms. The largest absolute Gasteiger partial charge is 1.00 e. The fraction of sp³-hybridized carbons (Fsp3) is 0. The monoisotopic (exact) mass is 164 g/mol. The van der Waals surface area contributed by atoms with Crippen molar-refractivity contribution < 1.29 is 57.6 Å². The average molecular weight is 164 g/mol. The summed E-state index contributed by atoms with van der Waals surface area (Å²) in [5, 5.41) is 1.10. The second-order valence-corrected chi connectivity index (χ2v) is 2.78. The molecule has 1 aromatic rings. The maximum atomic E-state index is 8.68. The molecule has 0 saturated heterocycles. The molecule has 0 aromatic heterocycles. The summed E-state index contributed by atoms with van der Waals surface area (Å²) in [6.45, 7) is 0. The first-order valence-electron chi connectivity index (χ1n) is 2.58. The Kier molecular flexibility index (Phi) is 6.46. The van der Waals surface area contributed by atoms with E-state index in [-0.39, 0.29) is 52.8 Å². The Labute approximate surface area is 101 Å². The van der Waals surface area contributed by atoms with Crippen molar-refractivity contribution in [3.8, 4) is 0 Å². The zero-order valence-corrected chi connectivity index (χ0v) is 10.1. The van der Waals surface area contributed by atoms with Gasteiger partial charge in [0, 0.05) is 0 Å². The molecule has 0 fully saturated rings. The normalized spacial score (nSPS) is 9.44. The minimum Gasteiger partial charge on any atom is -1.00 e. The third-order valence-electron chi connectivity index (χ3n) is 1.03. The van der Waals surface area contributed by atoms with Gasteiger partial charge in [0.2, 0.25) is 0 Å². The van der Waals surface area contributed by atoms with E-state index in [0.29, 0.717) is 0 Å². The van der Waals surface area contributed by atoms with E-state index in [0.717, 1.165) is 5.19 Å². The Morgan fingerprint density at radius 1 is 1.22 bits per heavy atom. The first-order valence-corrected chi connectivity index (χ1v) is 3.92. The van der Waals surface area contributed by atoms with Crippen molar-refractivity contribution in [1.29, 1.82) is 0 Å².